The van der Waals surface area contributed by atoms with Gasteiger partial charge in [0.1, 0.15) is 12.0 Å². The van der Waals surface area contributed by atoms with E-state index in [0.717, 1.165) is 4.90 Å². The maximum atomic E-state index is 14.4. The van der Waals surface area contributed by atoms with Crippen LogP contribution in [-0.4, -0.2) is 57.8 Å². The van der Waals surface area contributed by atoms with E-state index in [4.69, 9.17) is 17.3 Å². The number of anilines is 1. The number of hydrogen-bond donors (Lipinski definition) is 3. The number of aliphatic hydroxyl groups excluding tert-OH is 1. The number of carbonyl (C=O) groups excluding carboxylic acids is 3. The molecule has 1 fully saturated rings. The predicted octanol–water partition coefficient (Wildman–Crippen LogP) is 4.04. The summed E-state index contributed by atoms with van der Waals surface area (Å²) in [5.41, 5.74) is 6.22. The van der Waals surface area contributed by atoms with Crippen molar-refractivity contribution in [2.45, 2.75) is 31.0 Å². The molecule has 2 aromatic carbocycles. The Labute approximate surface area is 204 Å². The van der Waals surface area contributed by atoms with Crippen molar-refractivity contribution in [2.24, 2.45) is 5.73 Å². The maximum Gasteiger partial charge on any atom is 0.323 e. The van der Waals surface area contributed by atoms with Crippen LogP contribution in [0.1, 0.15) is 24.3 Å². The molecule has 1 saturated heterocycles. The maximum absolute atomic E-state index is 14.4. The number of para-hydroxylation sites is 1. The van der Waals surface area contributed by atoms with Gasteiger partial charge >= 0.3 is 12.1 Å². The van der Waals surface area contributed by atoms with E-state index in [1.165, 1.54) is 29.0 Å². The number of Topliss-reactive ketones (excluding diaryl/α,β-unsaturated/α-hetero) is 1. The third kappa shape index (κ3) is 4.85. The molecule has 4 rings (SSSR count). The van der Waals surface area contributed by atoms with Gasteiger partial charge in [-0.1, -0.05) is 41.9 Å². The summed E-state index contributed by atoms with van der Waals surface area (Å²) in [6.45, 7) is -0.848. The summed E-state index contributed by atoms with van der Waals surface area (Å²) in [5.74, 6) is -2.16. The average Bonchev–Trinajstić information content (AvgIpc) is 3.40. The first-order chi connectivity index (χ1) is 16.7. The van der Waals surface area contributed by atoms with E-state index >= 15 is 0 Å². The standard InChI is InChI=1S/C24H23ClF2N4O4/c25-17-6-3-5-15(22(17)27)13(12-32)8-21(33)20-9-14(26)10-31(20)24(35)29-18-11-30(23(28)34)19-7-2-1-4-16(18)19/h1-7,11,13-14,20,32H,8-10,12H2,(H2,28,34)(H,29,35)/t13-,14-,20+/m1/s1. The number of primary amides is 1. The van der Waals surface area contributed by atoms with E-state index in [0.29, 0.717) is 10.9 Å². The number of nitrogens with one attached hydrogen (secondary N) is 1. The molecular formula is C24H23ClF2N4O4. The van der Waals surface area contributed by atoms with Gasteiger partial charge in [-0.25, -0.2) is 18.4 Å². The Morgan fingerprint density at radius 1 is 1.20 bits per heavy atom. The van der Waals surface area contributed by atoms with Gasteiger partial charge in [0.25, 0.3) is 0 Å². The molecule has 3 amide bonds. The monoisotopic (exact) mass is 504 g/mol. The van der Waals surface area contributed by atoms with Crippen LogP contribution in [-0.2, 0) is 4.79 Å². The molecule has 0 unspecified atom stereocenters. The average molecular weight is 505 g/mol. The van der Waals surface area contributed by atoms with Crippen LogP contribution in [0.25, 0.3) is 10.9 Å². The molecule has 8 nitrogen and oxygen atoms in total. The number of nitrogens with two attached hydrogens (primary N) is 1. The molecule has 1 aliphatic heterocycles. The van der Waals surface area contributed by atoms with Gasteiger partial charge in [-0.15, -0.1) is 0 Å². The Balaban J connectivity index is 1.54. The summed E-state index contributed by atoms with van der Waals surface area (Å²) >= 11 is 5.82. The molecule has 3 atom stereocenters. The molecule has 1 aromatic heterocycles. The van der Waals surface area contributed by atoms with E-state index in [1.54, 1.807) is 24.3 Å². The second-order valence-electron chi connectivity index (χ2n) is 8.39. The van der Waals surface area contributed by atoms with Crippen LogP contribution in [0.5, 0.6) is 0 Å². The van der Waals surface area contributed by atoms with Crippen LogP contribution < -0.4 is 11.1 Å². The number of aliphatic hydroxyl groups is 1. The lowest BCUT2D eigenvalue weighted by molar-refractivity contribution is -0.123. The molecule has 35 heavy (non-hydrogen) atoms. The van der Waals surface area contributed by atoms with Gasteiger partial charge in [0, 0.05) is 30.3 Å². The van der Waals surface area contributed by atoms with Crippen molar-refractivity contribution >= 4 is 46.0 Å². The number of rotatable bonds is 6. The number of carbonyl (C=O) groups is 3. The van der Waals surface area contributed by atoms with Crippen LogP contribution in [0.15, 0.2) is 48.7 Å². The minimum absolute atomic E-state index is 0.0680. The van der Waals surface area contributed by atoms with Gasteiger partial charge < -0.3 is 21.1 Å². The van der Waals surface area contributed by atoms with Crippen molar-refractivity contribution in [2.75, 3.05) is 18.5 Å². The highest BCUT2D eigenvalue weighted by molar-refractivity contribution is 6.30. The van der Waals surface area contributed by atoms with Gasteiger partial charge in [-0.3, -0.25) is 9.36 Å². The fraction of sp³-hybridized carbons (Fsp3) is 0.292. The van der Waals surface area contributed by atoms with E-state index < -0.39 is 48.4 Å². The van der Waals surface area contributed by atoms with Crippen LogP contribution >= 0.6 is 11.6 Å². The zero-order valence-electron chi connectivity index (χ0n) is 18.5. The second-order valence-corrected chi connectivity index (χ2v) is 8.80. The van der Waals surface area contributed by atoms with E-state index in [1.807, 2.05) is 0 Å². The third-order valence-electron chi connectivity index (χ3n) is 6.16. The molecule has 3 aromatic rings. The summed E-state index contributed by atoms with van der Waals surface area (Å²) in [6.07, 6.45) is -0.604. The van der Waals surface area contributed by atoms with Gasteiger partial charge in [0.05, 0.1) is 35.4 Å². The molecule has 11 heteroatoms. The van der Waals surface area contributed by atoms with Gasteiger partial charge in [-0.05, 0) is 17.7 Å². The number of benzene rings is 2. The number of urea groups is 1. The first-order valence-electron chi connectivity index (χ1n) is 10.9. The number of fused-ring (bicyclic) bond motifs is 1. The lowest BCUT2D eigenvalue weighted by Gasteiger charge is -2.25. The van der Waals surface area contributed by atoms with Crippen LogP contribution in [0, 0.1) is 5.82 Å². The van der Waals surface area contributed by atoms with E-state index in [9.17, 15) is 28.3 Å². The fourth-order valence-electron chi connectivity index (χ4n) is 4.45. The summed E-state index contributed by atoms with van der Waals surface area (Å²) < 4.78 is 29.9. The highest BCUT2D eigenvalue weighted by Gasteiger charge is 2.40. The number of likely N-dealkylation sites (tertiary alicyclic amines) is 1. The summed E-state index contributed by atoms with van der Waals surface area (Å²) in [7, 11) is 0. The lowest BCUT2D eigenvalue weighted by Crippen LogP contribution is -2.43. The molecule has 2 heterocycles. The summed E-state index contributed by atoms with van der Waals surface area (Å²) in [4.78, 5) is 39.0. The molecule has 0 aliphatic carbocycles. The molecule has 0 radical (unpaired) electrons. The highest BCUT2D eigenvalue weighted by Crippen LogP contribution is 2.31. The SMILES string of the molecule is NC(=O)n1cc(NC(=O)N2C[C@H](F)C[C@H]2C(=O)C[C@H](CO)c2cccc(Cl)c2F)c2ccccc21. The van der Waals surface area contributed by atoms with E-state index in [2.05, 4.69) is 5.32 Å². The normalized spacial score (nSPS) is 18.6. The predicted molar refractivity (Wildman–Crippen MR) is 127 cm³/mol. The van der Waals surface area contributed by atoms with Crippen molar-refractivity contribution in [1.82, 2.24) is 9.47 Å². The van der Waals surface area contributed by atoms with Crippen molar-refractivity contribution in [1.29, 1.82) is 0 Å². The number of aromatic nitrogens is 1. The summed E-state index contributed by atoms with van der Waals surface area (Å²) in [6, 6.07) is 8.44. The van der Waals surface area contributed by atoms with Crippen LogP contribution in [0.4, 0.5) is 24.1 Å². The van der Waals surface area contributed by atoms with Crippen molar-refractivity contribution in [3.05, 3.63) is 65.1 Å². The van der Waals surface area contributed by atoms with Gasteiger partial charge in [0.2, 0.25) is 0 Å². The van der Waals surface area contributed by atoms with Crippen LogP contribution in [0.3, 0.4) is 0 Å². The fourth-order valence-corrected chi connectivity index (χ4v) is 4.63. The number of halogens is 3. The van der Waals surface area contributed by atoms with Crippen molar-refractivity contribution in [3.8, 4) is 0 Å². The lowest BCUT2D eigenvalue weighted by atomic mass is 9.91. The highest BCUT2D eigenvalue weighted by atomic mass is 35.5. The van der Waals surface area contributed by atoms with Crippen LogP contribution in [0.2, 0.25) is 5.02 Å². The molecular weight excluding hydrogens is 482 g/mol. The first kappa shape index (κ1) is 24.6. The first-order valence-corrected chi connectivity index (χ1v) is 11.3. The molecule has 0 saturated carbocycles. The molecule has 1 aliphatic rings. The minimum Gasteiger partial charge on any atom is -0.396 e. The number of alkyl halides is 1. The zero-order valence-corrected chi connectivity index (χ0v) is 19.2. The van der Waals surface area contributed by atoms with Gasteiger partial charge in [-0.2, -0.15) is 0 Å². The van der Waals surface area contributed by atoms with Crippen molar-refractivity contribution < 1.29 is 28.3 Å². The molecule has 184 valence electrons. The second kappa shape index (κ2) is 10.0. The minimum atomic E-state index is -1.43. The van der Waals surface area contributed by atoms with E-state index in [-0.39, 0.29) is 35.7 Å². The molecule has 4 N–H and O–H groups in total. The van der Waals surface area contributed by atoms with Gasteiger partial charge in [0.15, 0.2) is 5.78 Å². The number of amides is 3. The zero-order chi connectivity index (χ0) is 25.3. The Bertz CT molecular complexity index is 1300. The number of nitrogens with zero attached hydrogens (tertiary/aromatic N) is 2. The quantitative estimate of drug-likeness (QED) is 0.469. The third-order valence-corrected chi connectivity index (χ3v) is 6.45. The van der Waals surface area contributed by atoms with Crippen molar-refractivity contribution in [3.63, 3.8) is 0 Å². The number of ketones is 1. The topological polar surface area (TPSA) is 118 Å². The molecule has 0 bridgehead atoms. The Kier molecular flexibility index (Phi) is 7.04. The molecule has 0 spiro atoms. The Morgan fingerprint density at radius 3 is 2.66 bits per heavy atom. The largest absolute Gasteiger partial charge is 0.396 e. The Morgan fingerprint density at radius 2 is 1.94 bits per heavy atom. The number of hydrogen-bond acceptors (Lipinski definition) is 4. The Hall–Kier alpha value is -3.50. The summed E-state index contributed by atoms with van der Waals surface area (Å²) in [5, 5.41) is 12.8. The smallest absolute Gasteiger partial charge is 0.323 e.